The smallest absolute Gasteiger partial charge is 0.226 e. The lowest BCUT2D eigenvalue weighted by Gasteiger charge is -2.19. The number of aryl methyl sites for hydroxylation is 3. The minimum atomic E-state index is -0.422. The third kappa shape index (κ3) is 5.29. The number of aromatic nitrogens is 1. The second kappa shape index (κ2) is 8.12. The Balaban J connectivity index is 2.17. The third-order valence-electron chi connectivity index (χ3n) is 3.83. The number of carbonyl (C=O) groups excluding carboxylic acids is 2. The quantitative estimate of drug-likeness (QED) is 0.851. The van der Waals surface area contributed by atoms with Gasteiger partial charge in [-0.2, -0.15) is 0 Å². The van der Waals surface area contributed by atoms with Gasteiger partial charge in [-0.05, 0) is 50.1 Å². The van der Waals surface area contributed by atoms with Crippen LogP contribution in [0.3, 0.4) is 0 Å². The molecule has 2 N–H and O–H groups in total. The lowest BCUT2D eigenvalue weighted by Crippen LogP contribution is -2.30. The number of benzene rings is 1. The van der Waals surface area contributed by atoms with Crippen LogP contribution in [0.15, 0.2) is 30.3 Å². The fourth-order valence-electron chi connectivity index (χ4n) is 2.78. The molecule has 0 saturated heterocycles. The molecule has 0 aliphatic heterocycles. The van der Waals surface area contributed by atoms with E-state index in [2.05, 4.69) is 15.6 Å². The molecule has 6 heteroatoms. The first-order chi connectivity index (χ1) is 11.8. The monoisotopic (exact) mass is 359 g/mol. The number of pyridine rings is 1. The van der Waals surface area contributed by atoms with E-state index >= 15 is 0 Å². The van der Waals surface area contributed by atoms with Crippen molar-refractivity contribution >= 4 is 29.1 Å². The van der Waals surface area contributed by atoms with Crippen LogP contribution < -0.4 is 10.6 Å². The molecular formula is C19H22ClN3O2. The number of hydrogen-bond donors (Lipinski definition) is 2. The molecular weight excluding hydrogens is 338 g/mol. The van der Waals surface area contributed by atoms with Gasteiger partial charge in [-0.3, -0.25) is 14.6 Å². The predicted molar refractivity (Wildman–Crippen MR) is 99.7 cm³/mol. The summed E-state index contributed by atoms with van der Waals surface area (Å²) in [6.45, 7) is 7.14. The summed E-state index contributed by atoms with van der Waals surface area (Å²) in [7, 11) is 0. The molecule has 0 fully saturated rings. The molecule has 0 radical (unpaired) electrons. The van der Waals surface area contributed by atoms with Gasteiger partial charge < -0.3 is 10.6 Å². The first-order valence-electron chi connectivity index (χ1n) is 8.03. The molecule has 132 valence electrons. The normalized spacial score (nSPS) is 11.7. The number of nitrogens with zero attached hydrogens (tertiary/aromatic N) is 1. The molecule has 2 amide bonds. The van der Waals surface area contributed by atoms with Gasteiger partial charge >= 0.3 is 0 Å². The number of halogens is 1. The lowest BCUT2D eigenvalue weighted by molar-refractivity contribution is -0.120. The summed E-state index contributed by atoms with van der Waals surface area (Å²) in [5, 5.41) is 6.33. The highest BCUT2D eigenvalue weighted by Gasteiger charge is 2.18. The van der Waals surface area contributed by atoms with Crippen LogP contribution in [0.1, 0.15) is 41.9 Å². The van der Waals surface area contributed by atoms with E-state index in [1.807, 2.05) is 26.8 Å². The van der Waals surface area contributed by atoms with Gasteiger partial charge in [0.05, 0.1) is 23.8 Å². The van der Waals surface area contributed by atoms with Gasteiger partial charge in [0.15, 0.2) is 0 Å². The average Bonchev–Trinajstić information content (AvgIpc) is 2.50. The molecule has 0 aliphatic carbocycles. The first kappa shape index (κ1) is 18.9. The van der Waals surface area contributed by atoms with Crippen molar-refractivity contribution in [3.05, 3.63) is 57.9 Å². The Labute approximate surface area is 152 Å². The zero-order chi connectivity index (χ0) is 18.6. The van der Waals surface area contributed by atoms with Crippen molar-refractivity contribution in [2.24, 2.45) is 0 Å². The maximum atomic E-state index is 12.5. The summed E-state index contributed by atoms with van der Waals surface area (Å²) < 4.78 is 0. The van der Waals surface area contributed by atoms with E-state index in [-0.39, 0.29) is 18.2 Å². The van der Waals surface area contributed by atoms with Crippen molar-refractivity contribution in [2.45, 2.75) is 40.2 Å². The second-order valence-corrected chi connectivity index (χ2v) is 6.53. The van der Waals surface area contributed by atoms with Gasteiger partial charge in [0, 0.05) is 17.6 Å². The maximum absolute atomic E-state index is 12.5. The average molecular weight is 360 g/mol. The van der Waals surface area contributed by atoms with Gasteiger partial charge in [-0.15, -0.1) is 0 Å². The number of anilines is 1. The van der Waals surface area contributed by atoms with Crippen molar-refractivity contribution in [3.8, 4) is 0 Å². The summed E-state index contributed by atoms with van der Waals surface area (Å²) in [5.74, 6) is -0.386. The SMILES string of the molecule is CC(=O)NC(CC(=O)Nc1c(C)cc(C)nc1C)c1ccc(Cl)cc1. The van der Waals surface area contributed by atoms with Crippen LogP contribution in [0, 0.1) is 20.8 Å². The zero-order valence-electron chi connectivity index (χ0n) is 14.8. The molecule has 25 heavy (non-hydrogen) atoms. The van der Waals surface area contributed by atoms with E-state index in [1.165, 1.54) is 6.92 Å². The van der Waals surface area contributed by atoms with Crippen LogP contribution in [-0.4, -0.2) is 16.8 Å². The Morgan fingerprint density at radius 2 is 1.80 bits per heavy atom. The Hall–Kier alpha value is -2.40. The fraction of sp³-hybridized carbons (Fsp3) is 0.316. The van der Waals surface area contributed by atoms with Crippen molar-refractivity contribution in [1.29, 1.82) is 0 Å². The van der Waals surface area contributed by atoms with Crippen LogP contribution in [0.5, 0.6) is 0 Å². The molecule has 0 bridgehead atoms. The van der Waals surface area contributed by atoms with Gasteiger partial charge in [0.25, 0.3) is 0 Å². The largest absolute Gasteiger partial charge is 0.349 e. The minimum Gasteiger partial charge on any atom is -0.349 e. The highest BCUT2D eigenvalue weighted by molar-refractivity contribution is 6.30. The van der Waals surface area contributed by atoms with Crippen LogP contribution >= 0.6 is 11.6 Å². The van der Waals surface area contributed by atoms with E-state index < -0.39 is 6.04 Å². The van der Waals surface area contributed by atoms with Gasteiger partial charge in [-0.1, -0.05) is 23.7 Å². The fourth-order valence-corrected chi connectivity index (χ4v) is 2.91. The summed E-state index contributed by atoms with van der Waals surface area (Å²) in [5.41, 5.74) is 4.18. The molecule has 0 aliphatic rings. The first-order valence-corrected chi connectivity index (χ1v) is 8.41. The molecule has 0 spiro atoms. The van der Waals surface area contributed by atoms with Crippen LogP contribution in [0.25, 0.3) is 0 Å². The third-order valence-corrected chi connectivity index (χ3v) is 4.08. The van der Waals surface area contributed by atoms with Crippen LogP contribution in [0.2, 0.25) is 5.02 Å². The van der Waals surface area contributed by atoms with Crippen molar-refractivity contribution in [2.75, 3.05) is 5.32 Å². The highest BCUT2D eigenvalue weighted by Crippen LogP contribution is 2.23. The van der Waals surface area contributed by atoms with E-state index in [1.54, 1.807) is 24.3 Å². The van der Waals surface area contributed by atoms with E-state index in [9.17, 15) is 9.59 Å². The molecule has 1 aromatic heterocycles. The van der Waals surface area contributed by atoms with Crippen LogP contribution in [-0.2, 0) is 9.59 Å². The molecule has 0 saturated carbocycles. The van der Waals surface area contributed by atoms with Gasteiger partial charge in [0.1, 0.15) is 0 Å². The Bertz CT molecular complexity index is 765. The van der Waals surface area contributed by atoms with Crippen molar-refractivity contribution in [1.82, 2.24) is 10.3 Å². The topological polar surface area (TPSA) is 71.1 Å². The molecule has 2 aromatic rings. The highest BCUT2D eigenvalue weighted by atomic mass is 35.5. The van der Waals surface area contributed by atoms with Gasteiger partial charge in [-0.25, -0.2) is 0 Å². The molecule has 1 atom stereocenters. The predicted octanol–water partition coefficient (Wildman–Crippen LogP) is 3.87. The standard InChI is InChI=1S/C19H22ClN3O2/c1-11-9-12(2)21-13(3)19(11)23-18(25)10-17(22-14(4)24)15-5-7-16(20)8-6-15/h5-9,17H,10H2,1-4H3,(H,22,24)(H,23,25). The van der Waals surface area contributed by atoms with E-state index in [0.717, 1.165) is 22.5 Å². The molecule has 1 heterocycles. The van der Waals surface area contributed by atoms with Gasteiger partial charge in [0.2, 0.25) is 11.8 Å². The minimum absolute atomic E-state index is 0.119. The maximum Gasteiger partial charge on any atom is 0.226 e. The second-order valence-electron chi connectivity index (χ2n) is 6.10. The van der Waals surface area contributed by atoms with Crippen LogP contribution in [0.4, 0.5) is 5.69 Å². The molecule has 1 aromatic carbocycles. The van der Waals surface area contributed by atoms with E-state index in [0.29, 0.717) is 10.7 Å². The number of amides is 2. The van der Waals surface area contributed by atoms with Crippen molar-refractivity contribution < 1.29 is 9.59 Å². The Morgan fingerprint density at radius 3 is 2.36 bits per heavy atom. The molecule has 2 rings (SSSR count). The Kier molecular flexibility index (Phi) is 6.15. The zero-order valence-corrected chi connectivity index (χ0v) is 15.6. The summed E-state index contributed by atoms with van der Waals surface area (Å²) in [4.78, 5) is 28.4. The number of carbonyl (C=O) groups is 2. The summed E-state index contributed by atoms with van der Waals surface area (Å²) in [6, 6.07) is 8.59. The molecule has 1 unspecified atom stereocenters. The number of hydrogen-bond acceptors (Lipinski definition) is 3. The lowest BCUT2D eigenvalue weighted by atomic mass is 10.0. The summed E-state index contributed by atoms with van der Waals surface area (Å²) in [6.07, 6.45) is 0.119. The number of nitrogens with one attached hydrogen (secondary N) is 2. The summed E-state index contributed by atoms with van der Waals surface area (Å²) >= 11 is 5.91. The molecule has 5 nitrogen and oxygen atoms in total. The Morgan fingerprint density at radius 1 is 1.16 bits per heavy atom. The number of rotatable bonds is 5. The van der Waals surface area contributed by atoms with Crippen molar-refractivity contribution in [3.63, 3.8) is 0 Å². The van der Waals surface area contributed by atoms with E-state index in [4.69, 9.17) is 11.6 Å².